The number of hydrogen-bond donors (Lipinski definition) is 2. The minimum absolute atomic E-state index is 0.00235. The SMILES string of the molecule is CCCNCc1ccc(OCC(=O)NCC)c(OC)c1. The molecule has 5 nitrogen and oxygen atoms in total. The molecule has 0 aliphatic rings. The Morgan fingerprint density at radius 2 is 2.05 bits per heavy atom. The van der Waals surface area contributed by atoms with Crippen LogP contribution in [0.25, 0.3) is 0 Å². The third kappa shape index (κ3) is 5.48. The van der Waals surface area contributed by atoms with Gasteiger partial charge in [-0.05, 0) is 37.6 Å². The van der Waals surface area contributed by atoms with Gasteiger partial charge in [0.05, 0.1) is 7.11 Å². The molecule has 1 aromatic rings. The largest absolute Gasteiger partial charge is 0.493 e. The van der Waals surface area contributed by atoms with Gasteiger partial charge in [-0.3, -0.25) is 4.79 Å². The van der Waals surface area contributed by atoms with E-state index in [1.807, 2.05) is 25.1 Å². The highest BCUT2D eigenvalue weighted by atomic mass is 16.5. The molecule has 112 valence electrons. The van der Waals surface area contributed by atoms with Crippen molar-refractivity contribution in [2.24, 2.45) is 0 Å². The fraction of sp³-hybridized carbons (Fsp3) is 0.533. The zero-order chi connectivity index (χ0) is 14.8. The van der Waals surface area contributed by atoms with Gasteiger partial charge in [0.2, 0.25) is 0 Å². The molecule has 1 amide bonds. The summed E-state index contributed by atoms with van der Waals surface area (Å²) >= 11 is 0. The van der Waals surface area contributed by atoms with E-state index >= 15 is 0 Å². The zero-order valence-electron chi connectivity index (χ0n) is 12.5. The van der Waals surface area contributed by atoms with Gasteiger partial charge in [-0.2, -0.15) is 0 Å². The second kappa shape index (κ2) is 9.20. The lowest BCUT2D eigenvalue weighted by Gasteiger charge is -2.12. The number of benzene rings is 1. The molecule has 0 fully saturated rings. The summed E-state index contributed by atoms with van der Waals surface area (Å²) in [5.74, 6) is 1.09. The summed E-state index contributed by atoms with van der Waals surface area (Å²) in [6, 6.07) is 5.73. The van der Waals surface area contributed by atoms with E-state index in [9.17, 15) is 4.79 Å². The van der Waals surface area contributed by atoms with Crippen LogP contribution < -0.4 is 20.1 Å². The quantitative estimate of drug-likeness (QED) is 0.676. The molecular formula is C15H24N2O3. The van der Waals surface area contributed by atoms with E-state index < -0.39 is 0 Å². The lowest BCUT2D eigenvalue weighted by atomic mass is 10.2. The van der Waals surface area contributed by atoms with Crippen molar-refractivity contribution in [3.05, 3.63) is 23.8 Å². The average Bonchev–Trinajstić information content (AvgIpc) is 2.46. The highest BCUT2D eigenvalue weighted by Crippen LogP contribution is 2.27. The lowest BCUT2D eigenvalue weighted by molar-refractivity contribution is -0.123. The van der Waals surface area contributed by atoms with Crippen LogP contribution >= 0.6 is 0 Å². The summed E-state index contributed by atoms with van der Waals surface area (Å²) in [6.45, 7) is 6.38. The minimum atomic E-state index is -0.136. The topological polar surface area (TPSA) is 59.6 Å². The van der Waals surface area contributed by atoms with Crippen molar-refractivity contribution in [3.8, 4) is 11.5 Å². The van der Waals surface area contributed by atoms with Crippen LogP contribution in [0.15, 0.2) is 18.2 Å². The van der Waals surface area contributed by atoms with Crippen molar-refractivity contribution in [2.75, 3.05) is 26.8 Å². The number of likely N-dealkylation sites (N-methyl/N-ethyl adjacent to an activating group) is 1. The summed E-state index contributed by atoms with van der Waals surface area (Å²) in [7, 11) is 1.59. The van der Waals surface area contributed by atoms with E-state index in [0.717, 1.165) is 25.1 Å². The third-order valence-electron chi connectivity index (χ3n) is 2.72. The Hall–Kier alpha value is -1.75. The van der Waals surface area contributed by atoms with Gasteiger partial charge in [0.25, 0.3) is 5.91 Å². The molecule has 0 saturated heterocycles. The number of amides is 1. The Labute approximate surface area is 120 Å². The van der Waals surface area contributed by atoms with Crippen molar-refractivity contribution < 1.29 is 14.3 Å². The molecule has 0 atom stereocenters. The van der Waals surface area contributed by atoms with Crippen molar-refractivity contribution in [2.45, 2.75) is 26.8 Å². The van der Waals surface area contributed by atoms with Crippen LogP contribution in [0.5, 0.6) is 11.5 Å². The Morgan fingerprint density at radius 1 is 1.25 bits per heavy atom. The first-order valence-electron chi connectivity index (χ1n) is 6.98. The average molecular weight is 280 g/mol. The first-order valence-corrected chi connectivity index (χ1v) is 6.98. The second-order valence-corrected chi connectivity index (χ2v) is 4.40. The number of carbonyl (C=O) groups excluding carboxylic acids is 1. The third-order valence-corrected chi connectivity index (χ3v) is 2.72. The van der Waals surface area contributed by atoms with Gasteiger partial charge in [-0.15, -0.1) is 0 Å². The van der Waals surface area contributed by atoms with Crippen LogP contribution in [0.2, 0.25) is 0 Å². The van der Waals surface area contributed by atoms with Gasteiger partial charge in [-0.25, -0.2) is 0 Å². The van der Waals surface area contributed by atoms with E-state index in [1.54, 1.807) is 7.11 Å². The summed E-state index contributed by atoms with van der Waals surface area (Å²) in [5.41, 5.74) is 1.13. The predicted octanol–water partition coefficient (Wildman–Crippen LogP) is 1.71. The number of methoxy groups -OCH3 is 1. The van der Waals surface area contributed by atoms with Gasteiger partial charge in [0.15, 0.2) is 18.1 Å². The number of nitrogens with one attached hydrogen (secondary N) is 2. The smallest absolute Gasteiger partial charge is 0.257 e. The molecule has 0 aromatic heterocycles. The summed E-state index contributed by atoms with van der Waals surface area (Å²) in [6.07, 6.45) is 1.10. The van der Waals surface area contributed by atoms with Crippen molar-refractivity contribution in [3.63, 3.8) is 0 Å². The molecule has 0 unspecified atom stereocenters. The maximum absolute atomic E-state index is 11.4. The molecule has 20 heavy (non-hydrogen) atoms. The molecule has 0 radical (unpaired) electrons. The Morgan fingerprint density at radius 3 is 2.70 bits per heavy atom. The van der Waals surface area contributed by atoms with Gasteiger partial charge < -0.3 is 20.1 Å². The first-order chi connectivity index (χ1) is 9.71. The number of rotatable bonds is 9. The van der Waals surface area contributed by atoms with Crippen LogP contribution in [0.1, 0.15) is 25.8 Å². The van der Waals surface area contributed by atoms with Crippen molar-refractivity contribution in [1.29, 1.82) is 0 Å². The molecule has 0 heterocycles. The fourth-order valence-corrected chi connectivity index (χ4v) is 1.74. The van der Waals surface area contributed by atoms with Gasteiger partial charge in [0.1, 0.15) is 0 Å². The number of hydrogen-bond acceptors (Lipinski definition) is 4. The standard InChI is InChI=1S/C15H24N2O3/c1-4-8-16-10-12-6-7-13(14(9-12)19-3)20-11-15(18)17-5-2/h6-7,9,16H,4-5,8,10-11H2,1-3H3,(H,17,18). The first kappa shape index (κ1) is 16.3. The Bertz CT molecular complexity index is 422. The summed E-state index contributed by atoms with van der Waals surface area (Å²) < 4.78 is 10.8. The molecule has 1 aromatic carbocycles. The van der Waals surface area contributed by atoms with Crippen LogP contribution in [-0.2, 0) is 11.3 Å². The second-order valence-electron chi connectivity index (χ2n) is 4.40. The van der Waals surface area contributed by atoms with Crippen LogP contribution in [0.4, 0.5) is 0 Å². The maximum atomic E-state index is 11.4. The van der Waals surface area contributed by atoms with E-state index in [1.165, 1.54) is 0 Å². The Balaban J connectivity index is 2.60. The van der Waals surface area contributed by atoms with Gasteiger partial charge in [-0.1, -0.05) is 13.0 Å². The van der Waals surface area contributed by atoms with Crippen LogP contribution in [0.3, 0.4) is 0 Å². The molecular weight excluding hydrogens is 256 g/mol. The molecule has 5 heteroatoms. The molecule has 2 N–H and O–H groups in total. The fourth-order valence-electron chi connectivity index (χ4n) is 1.74. The highest BCUT2D eigenvalue weighted by Gasteiger charge is 2.08. The predicted molar refractivity (Wildman–Crippen MR) is 79.2 cm³/mol. The molecule has 1 rings (SSSR count). The van der Waals surface area contributed by atoms with Crippen molar-refractivity contribution >= 4 is 5.91 Å². The van der Waals surface area contributed by atoms with E-state index in [0.29, 0.717) is 18.0 Å². The molecule has 0 bridgehead atoms. The van der Waals surface area contributed by atoms with E-state index in [4.69, 9.17) is 9.47 Å². The highest BCUT2D eigenvalue weighted by molar-refractivity contribution is 5.77. The maximum Gasteiger partial charge on any atom is 0.257 e. The zero-order valence-corrected chi connectivity index (χ0v) is 12.5. The van der Waals surface area contributed by atoms with Crippen molar-refractivity contribution in [1.82, 2.24) is 10.6 Å². The molecule has 0 aliphatic carbocycles. The summed E-state index contributed by atoms with van der Waals surface area (Å²) in [4.78, 5) is 11.4. The number of carbonyl (C=O) groups is 1. The molecule has 0 aliphatic heterocycles. The normalized spacial score (nSPS) is 10.2. The van der Waals surface area contributed by atoms with Crippen LogP contribution in [-0.4, -0.2) is 32.7 Å². The Kier molecular flexibility index (Phi) is 7.50. The van der Waals surface area contributed by atoms with Gasteiger partial charge in [0, 0.05) is 13.1 Å². The van der Waals surface area contributed by atoms with Gasteiger partial charge >= 0.3 is 0 Å². The van der Waals surface area contributed by atoms with E-state index in [-0.39, 0.29) is 12.5 Å². The monoisotopic (exact) mass is 280 g/mol. The minimum Gasteiger partial charge on any atom is -0.493 e. The van der Waals surface area contributed by atoms with Crippen LogP contribution in [0, 0.1) is 0 Å². The number of ether oxygens (including phenoxy) is 2. The molecule has 0 saturated carbocycles. The molecule has 0 spiro atoms. The van der Waals surface area contributed by atoms with E-state index in [2.05, 4.69) is 17.6 Å². The summed E-state index contributed by atoms with van der Waals surface area (Å²) in [5, 5.41) is 6.01. The lowest BCUT2D eigenvalue weighted by Crippen LogP contribution is -2.28.